The van der Waals surface area contributed by atoms with Crippen LogP contribution in [0.3, 0.4) is 0 Å². The van der Waals surface area contributed by atoms with E-state index in [0.29, 0.717) is 17.1 Å². The van der Waals surface area contributed by atoms with E-state index in [1.165, 1.54) is 6.08 Å². The van der Waals surface area contributed by atoms with Gasteiger partial charge < -0.3 is 5.32 Å². The van der Waals surface area contributed by atoms with Gasteiger partial charge in [0.2, 0.25) is 0 Å². The van der Waals surface area contributed by atoms with Crippen LogP contribution in [0.2, 0.25) is 5.02 Å². The van der Waals surface area contributed by atoms with Gasteiger partial charge in [-0.25, -0.2) is 4.39 Å². The monoisotopic (exact) mass is 440 g/mol. The molecule has 0 saturated heterocycles. The van der Waals surface area contributed by atoms with E-state index in [1.807, 2.05) is 48.5 Å². The van der Waals surface area contributed by atoms with E-state index < -0.39 is 0 Å². The number of aliphatic imine (C=N–C) groups is 1. The summed E-state index contributed by atoms with van der Waals surface area (Å²) in [7, 11) is 0. The largest absolute Gasteiger partial charge is 0.352 e. The number of nitrogens with one attached hydrogen (secondary N) is 1. The maximum atomic E-state index is 14.0. The summed E-state index contributed by atoms with van der Waals surface area (Å²) >= 11 is 7.64. The first-order valence-corrected chi connectivity index (χ1v) is 11.3. The highest BCUT2D eigenvalue weighted by molar-refractivity contribution is 8.00. The molecule has 0 radical (unpaired) electrons. The highest BCUT2D eigenvalue weighted by Crippen LogP contribution is 2.43. The molecule has 0 fully saturated rings. The summed E-state index contributed by atoms with van der Waals surface area (Å²) in [6, 6.07) is 13.0. The molecule has 30 heavy (non-hydrogen) atoms. The lowest BCUT2D eigenvalue weighted by molar-refractivity contribution is 0.0953. The van der Waals surface area contributed by atoms with E-state index in [0.717, 1.165) is 34.7 Å². The lowest BCUT2D eigenvalue weighted by Gasteiger charge is -2.23. The Labute approximate surface area is 185 Å². The fraction of sp³-hybridized carbons (Fsp3) is 0.250. The molecule has 1 N–H and O–H groups in total. The number of unbranched alkanes of at least 4 members (excludes halogenated alkanes) is 1. The second-order valence-corrected chi connectivity index (χ2v) is 8.97. The zero-order chi connectivity index (χ0) is 21.1. The van der Waals surface area contributed by atoms with Crippen molar-refractivity contribution in [2.24, 2.45) is 10.9 Å². The average Bonchev–Trinajstić information content (AvgIpc) is 2.90. The summed E-state index contributed by atoms with van der Waals surface area (Å²) in [6.07, 6.45) is 6.97. The maximum Gasteiger partial charge on any atom is 0.251 e. The lowest BCUT2D eigenvalue weighted by Crippen LogP contribution is -2.24. The van der Waals surface area contributed by atoms with Gasteiger partial charge in [-0.1, -0.05) is 43.2 Å². The number of rotatable bonds is 5. The molecule has 2 atom stereocenters. The molecule has 154 valence electrons. The number of carbonyl (C=O) groups is 1. The average molecular weight is 441 g/mol. The van der Waals surface area contributed by atoms with Crippen LogP contribution in [0.4, 0.5) is 10.1 Å². The van der Waals surface area contributed by atoms with Crippen LogP contribution in [0.25, 0.3) is 0 Å². The predicted molar refractivity (Wildman–Crippen MR) is 123 cm³/mol. The Hall–Kier alpha value is -2.37. The van der Waals surface area contributed by atoms with Gasteiger partial charge in [0.1, 0.15) is 5.83 Å². The van der Waals surface area contributed by atoms with Gasteiger partial charge in [-0.15, -0.1) is 11.8 Å². The summed E-state index contributed by atoms with van der Waals surface area (Å²) in [5, 5.41) is 3.48. The van der Waals surface area contributed by atoms with Crippen molar-refractivity contribution in [2.45, 2.75) is 29.9 Å². The predicted octanol–water partition coefficient (Wildman–Crippen LogP) is 6.50. The number of allylic oxidation sites excluding steroid dienone is 3. The highest BCUT2D eigenvalue weighted by Gasteiger charge is 2.31. The normalized spacial score (nSPS) is 19.8. The standard InChI is InChI=1S/C24H22ClFN2OS/c1-2-3-12-27-24(29)16-6-11-21-20(13-16)28-23(15-4-7-17(25)8-5-15)19-10-9-18(26)14-22(19)30-21/h4-11,13-14,19,22H,2-3,12H2,1H3,(H,27,29). The smallest absolute Gasteiger partial charge is 0.251 e. The Morgan fingerprint density at radius 3 is 2.80 bits per heavy atom. The molecule has 2 unspecified atom stereocenters. The number of thioether (sulfide) groups is 1. The van der Waals surface area contributed by atoms with Crippen molar-refractivity contribution in [1.29, 1.82) is 0 Å². The third-order valence-electron chi connectivity index (χ3n) is 5.14. The SMILES string of the molecule is CCCCNC(=O)c1ccc2c(c1)N=C(c1ccc(Cl)cc1)C1C=CC(F)=CC1S2. The lowest BCUT2D eigenvalue weighted by atomic mass is 9.90. The van der Waals surface area contributed by atoms with Crippen molar-refractivity contribution in [3.05, 3.63) is 82.7 Å². The van der Waals surface area contributed by atoms with Crippen molar-refractivity contribution < 1.29 is 9.18 Å². The molecule has 2 aliphatic rings. The Kier molecular flexibility index (Phi) is 6.40. The minimum atomic E-state index is -0.241. The number of hydrogen-bond donors (Lipinski definition) is 1. The van der Waals surface area contributed by atoms with E-state index in [4.69, 9.17) is 16.6 Å². The molecule has 0 aromatic heterocycles. The zero-order valence-electron chi connectivity index (χ0n) is 16.6. The Morgan fingerprint density at radius 2 is 2.03 bits per heavy atom. The van der Waals surface area contributed by atoms with Crippen LogP contribution in [0, 0.1) is 5.92 Å². The van der Waals surface area contributed by atoms with Gasteiger partial charge in [-0.3, -0.25) is 9.79 Å². The van der Waals surface area contributed by atoms with Crippen molar-refractivity contribution in [3.63, 3.8) is 0 Å². The first-order chi connectivity index (χ1) is 14.5. The fourth-order valence-electron chi connectivity index (χ4n) is 3.53. The zero-order valence-corrected chi connectivity index (χ0v) is 18.1. The molecule has 1 aliphatic heterocycles. The van der Waals surface area contributed by atoms with E-state index in [-0.39, 0.29) is 22.9 Å². The van der Waals surface area contributed by atoms with Crippen LogP contribution < -0.4 is 5.32 Å². The molecule has 2 aromatic carbocycles. The van der Waals surface area contributed by atoms with Crippen molar-refractivity contribution in [1.82, 2.24) is 5.32 Å². The van der Waals surface area contributed by atoms with Crippen LogP contribution in [-0.4, -0.2) is 23.4 Å². The summed E-state index contributed by atoms with van der Waals surface area (Å²) in [4.78, 5) is 18.4. The molecule has 4 rings (SSSR count). The van der Waals surface area contributed by atoms with E-state index in [9.17, 15) is 9.18 Å². The van der Waals surface area contributed by atoms with Crippen LogP contribution in [0.1, 0.15) is 35.7 Å². The second kappa shape index (κ2) is 9.19. The topological polar surface area (TPSA) is 41.5 Å². The van der Waals surface area contributed by atoms with Crippen LogP contribution in [0.5, 0.6) is 0 Å². The van der Waals surface area contributed by atoms with Crippen LogP contribution >= 0.6 is 23.4 Å². The first kappa shape index (κ1) is 20.9. The molecular weight excluding hydrogens is 419 g/mol. The molecule has 0 saturated carbocycles. The maximum absolute atomic E-state index is 14.0. The first-order valence-electron chi connectivity index (χ1n) is 10.0. The fourth-order valence-corrected chi connectivity index (χ4v) is 4.89. The van der Waals surface area contributed by atoms with Crippen molar-refractivity contribution in [3.8, 4) is 0 Å². The molecular formula is C24H22ClFN2OS. The van der Waals surface area contributed by atoms with Crippen molar-refractivity contribution in [2.75, 3.05) is 6.54 Å². The summed E-state index contributed by atoms with van der Waals surface area (Å²) < 4.78 is 14.0. The van der Waals surface area contributed by atoms with Crippen LogP contribution in [-0.2, 0) is 0 Å². The number of benzene rings is 2. The van der Waals surface area contributed by atoms with Gasteiger partial charge in [0.25, 0.3) is 5.91 Å². The number of nitrogens with zero attached hydrogens (tertiary/aromatic N) is 1. The van der Waals surface area contributed by atoms with Gasteiger partial charge in [-0.2, -0.15) is 0 Å². The second-order valence-electron chi connectivity index (χ2n) is 7.31. The molecule has 2 aromatic rings. The number of halogens is 2. The summed E-state index contributed by atoms with van der Waals surface area (Å²) in [6.45, 7) is 2.74. The van der Waals surface area contributed by atoms with Gasteiger partial charge >= 0.3 is 0 Å². The highest BCUT2D eigenvalue weighted by atomic mass is 35.5. The minimum Gasteiger partial charge on any atom is -0.352 e. The van der Waals surface area contributed by atoms with E-state index in [2.05, 4.69) is 12.2 Å². The van der Waals surface area contributed by atoms with Gasteiger partial charge in [0, 0.05) is 33.2 Å². The summed E-state index contributed by atoms with van der Waals surface area (Å²) in [5.74, 6) is -0.425. The van der Waals surface area contributed by atoms with Gasteiger partial charge in [0.05, 0.1) is 11.4 Å². The quantitative estimate of drug-likeness (QED) is 0.539. The molecule has 0 bridgehead atoms. The molecule has 1 aliphatic carbocycles. The molecule has 0 spiro atoms. The minimum absolute atomic E-state index is 0.0788. The van der Waals surface area contributed by atoms with Gasteiger partial charge in [-0.05, 0) is 54.5 Å². The van der Waals surface area contributed by atoms with E-state index in [1.54, 1.807) is 17.8 Å². The molecule has 6 heteroatoms. The Morgan fingerprint density at radius 1 is 1.23 bits per heavy atom. The van der Waals surface area contributed by atoms with Crippen LogP contribution in [0.15, 0.2) is 76.4 Å². The van der Waals surface area contributed by atoms with Gasteiger partial charge in [0.15, 0.2) is 0 Å². The third kappa shape index (κ3) is 4.52. The third-order valence-corrected chi connectivity index (χ3v) is 6.69. The number of hydrogen-bond acceptors (Lipinski definition) is 3. The molecule has 3 nitrogen and oxygen atoms in total. The Bertz CT molecular complexity index is 1050. The number of amides is 1. The number of fused-ring (bicyclic) bond motifs is 2. The molecule has 1 heterocycles. The number of carbonyl (C=O) groups excluding carboxylic acids is 1. The Balaban J connectivity index is 1.75. The van der Waals surface area contributed by atoms with Crippen molar-refractivity contribution >= 4 is 40.7 Å². The molecule has 1 amide bonds. The summed E-state index contributed by atoms with van der Waals surface area (Å²) in [5.41, 5.74) is 3.07. The van der Waals surface area contributed by atoms with E-state index >= 15 is 0 Å².